The zero-order valence-electron chi connectivity index (χ0n) is 12.3. The Morgan fingerprint density at radius 2 is 1.75 bits per heavy atom. The molecule has 1 aromatic carbocycles. The smallest absolute Gasteiger partial charge is 0.494 e. The molecule has 1 aliphatic rings. The van der Waals surface area contributed by atoms with Crippen LogP contribution in [0.25, 0.3) is 0 Å². The second-order valence-corrected chi connectivity index (χ2v) is 5.74. The molecule has 1 saturated heterocycles. The van der Waals surface area contributed by atoms with Gasteiger partial charge in [0.25, 0.3) is 0 Å². The van der Waals surface area contributed by atoms with E-state index in [1.54, 1.807) is 0 Å². The highest BCUT2D eigenvalue weighted by Gasteiger charge is 2.53. The first-order valence-corrected chi connectivity index (χ1v) is 6.35. The summed E-state index contributed by atoms with van der Waals surface area (Å²) in [4.78, 5) is 0. The molecular weight excluding hydrogens is 260 g/mol. The molecule has 0 unspecified atom stereocenters. The first kappa shape index (κ1) is 14.8. The molecule has 0 radical (unpaired) electrons. The molecule has 0 bridgehead atoms. The highest BCUT2D eigenvalue weighted by molar-refractivity contribution is 6.63. The number of methoxy groups -OCH3 is 1. The van der Waals surface area contributed by atoms with Crippen LogP contribution in [0.5, 0.6) is 5.75 Å². The summed E-state index contributed by atoms with van der Waals surface area (Å²) in [6, 6.07) is 4.89. The van der Waals surface area contributed by atoms with Crippen molar-refractivity contribution < 1.29 is 18.4 Å². The fourth-order valence-corrected chi connectivity index (χ4v) is 2.02. The molecule has 4 nitrogen and oxygen atoms in total. The van der Waals surface area contributed by atoms with E-state index < -0.39 is 24.1 Å². The van der Waals surface area contributed by atoms with Gasteiger partial charge in [0.2, 0.25) is 0 Å². The Hall–Kier alpha value is -1.58. The third kappa shape index (κ3) is 2.17. The van der Waals surface area contributed by atoms with E-state index in [2.05, 4.69) is 0 Å². The summed E-state index contributed by atoms with van der Waals surface area (Å²) in [6.45, 7) is 7.49. The van der Waals surface area contributed by atoms with E-state index in [-0.39, 0.29) is 16.8 Å². The van der Waals surface area contributed by atoms with Crippen LogP contribution < -0.4 is 10.2 Å². The van der Waals surface area contributed by atoms with Crippen LogP contribution in [0.3, 0.4) is 0 Å². The molecule has 6 heteroatoms. The summed E-state index contributed by atoms with van der Waals surface area (Å²) in [5, 5.41) is 9.16. The van der Waals surface area contributed by atoms with Gasteiger partial charge in [-0.3, -0.25) is 0 Å². The van der Waals surface area contributed by atoms with Crippen molar-refractivity contribution >= 4 is 12.6 Å². The highest BCUT2D eigenvalue weighted by Crippen LogP contribution is 2.37. The lowest BCUT2D eigenvalue weighted by Crippen LogP contribution is -2.41. The van der Waals surface area contributed by atoms with Gasteiger partial charge in [-0.25, -0.2) is 4.39 Å². The van der Waals surface area contributed by atoms with E-state index in [0.29, 0.717) is 0 Å². The molecular formula is C14H17BFNO3. The predicted octanol–water partition coefficient (Wildman–Crippen LogP) is 2.01. The quantitative estimate of drug-likeness (QED) is 0.776. The molecule has 0 aliphatic carbocycles. The van der Waals surface area contributed by atoms with Crippen molar-refractivity contribution in [2.24, 2.45) is 0 Å². The van der Waals surface area contributed by atoms with Crippen molar-refractivity contribution in [3.05, 3.63) is 23.5 Å². The van der Waals surface area contributed by atoms with Crippen molar-refractivity contribution in [1.29, 1.82) is 5.26 Å². The van der Waals surface area contributed by atoms with Crippen molar-refractivity contribution in [2.45, 2.75) is 38.9 Å². The van der Waals surface area contributed by atoms with Gasteiger partial charge < -0.3 is 14.0 Å². The van der Waals surface area contributed by atoms with Crippen LogP contribution in [-0.4, -0.2) is 25.4 Å². The molecule has 1 aliphatic heterocycles. The number of halogens is 1. The van der Waals surface area contributed by atoms with Crippen molar-refractivity contribution in [3.8, 4) is 11.8 Å². The summed E-state index contributed by atoms with van der Waals surface area (Å²) in [5.74, 6) is -0.557. The monoisotopic (exact) mass is 277 g/mol. The first-order valence-electron chi connectivity index (χ1n) is 6.35. The molecule has 1 fully saturated rings. The average Bonchev–Trinajstić information content (AvgIpc) is 2.57. The highest BCUT2D eigenvalue weighted by atomic mass is 19.1. The van der Waals surface area contributed by atoms with Gasteiger partial charge in [0.05, 0.1) is 29.9 Å². The van der Waals surface area contributed by atoms with Gasteiger partial charge in [0.15, 0.2) is 11.6 Å². The van der Waals surface area contributed by atoms with E-state index in [1.807, 2.05) is 33.8 Å². The Kier molecular flexibility index (Phi) is 3.53. The topological polar surface area (TPSA) is 51.5 Å². The number of rotatable bonds is 2. The van der Waals surface area contributed by atoms with Crippen molar-refractivity contribution in [2.75, 3.05) is 7.11 Å². The van der Waals surface area contributed by atoms with Gasteiger partial charge in [0, 0.05) is 5.46 Å². The summed E-state index contributed by atoms with van der Waals surface area (Å²) in [7, 11) is 0.447. The molecule has 20 heavy (non-hydrogen) atoms. The Morgan fingerprint density at radius 1 is 1.20 bits per heavy atom. The maximum atomic E-state index is 14.4. The average molecular weight is 277 g/mol. The normalized spacial score (nSPS) is 19.8. The third-order valence-corrected chi connectivity index (χ3v) is 3.97. The van der Waals surface area contributed by atoms with Gasteiger partial charge in [-0.1, -0.05) is 0 Å². The minimum atomic E-state index is -0.926. The molecule has 0 amide bonds. The maximum Gasteiger partial charge on any atom is 0.499 e. The van der Waals surface area contributed by atoms with E-state index in [1.165, 1.54) is 19.2 Å². The van der Waals surface area contributed by atoms with Crippen LogP contribution in [0.4, 0.5) is 4.39 Å². The van der Waals surface area contributed by atoms with Crippen LogP contribution in [-0.2, 0) is 9.31 Å². The lowest BCUT2D eigenvalue weighted by atomic mass is 9.75. The molecule has 106 valence electrons. The number of hydrogen-bond donors (Lipinski definition) is 0. The second-order valence-electron chi connectivity index (χ2n) is 5.74. The Labute approximate surface area is 118 Å². The molecule has 1 heterocycles. The Morgan fingerprint density at radius 3 is 2.20 bits per heavy atom. The van der Waals surface area contributed by atoms with Gasteiger partial charge >= 0.3 is 7.12 Å². The largest absolute Gasteiger partial charge is 0.499 e. The minimum absolute atomic E-state index is 0.0636. The van der Waals surface area contributed by atoms with Crippen LogP contribution in [0.2, 0.25) is 0 Å². The van der Waals surface area contributed by atoms with Gasteiger partial charge in [-0.2, -0.15) is 5.26 Å². The molecule has 2 rings (SSSR count). The van der Waals surface area contributed by atoms with Crippen LogP contribution in [0.15, 0.2) is 12.1 Å². The summed E-state index contributed by atoms with van der Waals surface area (Å²) in [5.41, 5.74) is -0.924. The van der Waals surface area contributed by atoms with E-state index in [9.17, 15) is 4.39 Å². The van der Waals surface area contributed by atoms with Crippen LogP contribution in [0, 0.1) is 17.1 Å². The van der Waals surface area contributed by atoms with E-state index in [4.69, 9.17) is 19.3 Å². The number of nitriles is 1. The molecule has 0 saturated carbocycles. The molecule has 0 spiro atoms. The zero-order valence-corrected chi connectivity index (χ0v) is 12.3. The SMILES string of the molecule is COc1ccc(C#N)c(B2OC(C)(C)C(C)(C)O2)c1F. The Balaban J connectivity index is 2.52. The summed E-state index contributed by atoms with van der Waals surface area (Å²) in [6.07, 6.45) is 0. The fourth-order valence-electron chi connectivity index (χ4n) is 2.02. The Bertz CT molecular complexity index is 565. The van der Waals surface area contributed by atoms with Gasteiger partial charge in [0.1, 0.15) is 0 Å². The number of hydrogen-bond acceptors (Lipinski definition) is 4. The number of nitrogens with zero attached hydrogens (tertiary/aromatic N) is 1. The number of benzene rings is 1. The van der Waals surface area contributed by atoms with Crippen LogP contribution in [0.1, 0.15) is 33.3 Å². The van der Waals surface area contributed by atoms with E-state index >= 15 is 0 Å². The summed E-state index contributed by atoms with van der Waals surface area (Å²) < 4.78 is 31.0. The van der Waals surface area contributed by atoms with E-state index in [0.717, 1.165) is 0 Å². The second kappa shape index (κ2) is 4.76. The van der Waals surface area contributed by atoms with Crippen molar-refractivity contribution in [3.63, 3.8) is 0 Å². The van der Waals surface area contributed by atoms with Gasteiger partial charge in [-0.05, 0) is 39.8 Å². The molecule has 0 atom stereocenters. The predicted molar refractivity (Wildman–Crippen MR) is 73.4 cm³/mol. The lowest BCUT2D eigenvalue weighted by molar-refractivity contribution is 0.00578. The van der Waals surface area contributed by atoms with Crippen molar-refractivity contribution in [1.82, 2.24) is 0 Å². The van der Waals surface area contributed by atoms with Gasteiger partial charge in [-0.15, -0.1) is 0 Å². The molecule has 0 aromatic heterocycles. The lowest BCUT2D eigenvalue weighted by Gasteiger charge is -2.32. The fraction of sp³-hybridized carbons (Fsp3) is 0.500. The van der Waals surface area contributed by atoms with Crippen LogP contribution >= 0.6 is 0 Å². The first-order chi connectivity index (χ1) is 9.23. The molecule has 1 aromatic rings. The number of ether oxygens (including phenoxy) is 1. The third-order valence-electron chi connectivity index (χ3n) is 3.97. The standard InChI is InChI=1S/C14H17BFNO3/c1-13(2)14(3,4)20-15(19-13)11-9(8-17)6-7-10(18-5)12(11)16/h6-7H,1-5H3. The zero-order chi connectivity index (χ0) is 15.1. The maximum absolute atomic E-state index is 14.4. The molecule has 0 N–H and O–H groups in total. The minimum Gasteiger partial charge on any atom is -0.494 e. The summed E-state index contributed by atoms with van der Waals surface area (Å²) >= 11 is 0.